The molecule has 0 saturated heterocycles. The van der Waals surface area contributed by atoms with E-state index in [1.165, 1.54) is 5.56 Å². The van der Waals surface area contributed by atoms with Gasteiger partial charge in [-0.05, 0) is 25.5 Å². The topological polar surface area (TPSA) is 17.3 Å². The molecule has 0 fully saturated rings. The predicted molar refractivity (Wildman–Crippen MR) is 54.2 cm³/mol. The summed E-state index contributed by atoms with van der Waals surface area (Å²) in [7, 11) is 0. The molecule has 0 aliphatic heterocycles. The average Bonchev–Trinajstić information content (AvgIpc) is 2.48. The minimum Gasteiger partial charge on any atom is -0.302 e. The lowest BCUT2D eigenvalue weighted by molar-refractivity contribution is 0.960. The van der Waals surface area contributed by atoms with Crippen molar-refractivity contribution in [2.75, 3.05) is 0 Å². The highest BCUT2D eigenvalue weighted by Gasteiger charge is 2.08. The van der Waals surface area contributed by atoms with Gasteiger partial charge in [-0.3, -0.25) is 0 Å². The highest BCUT2D eigenvalue weighted by Crippen LogP contribution is 2.21. The van der Waals surface area contributed by atoms with E-state index in [-0.39, 0.29) is 5.38 Å². The number of halogens is 1. The van der Waals surface area contributed by atoms with Crippen molar-refractivity contribution in [1.29, 1.82) is 0 Å². The molecule has 0 amide bonds. The predicted octanol–water partition coefficient (Wildman–Crippen LogP) is 2.94. The molecule has 0 aromatic carbocycles. The molecule has 1 unspecified atom stereocenters. The van der Waals surface area contributed by atoms with E-state index >= 15 is 0 Å². The molecule has 0 spiro atoms. The second kappa shape index (κ2) is 3.04. The number of hydrogen-bond donors (Lipinski definition) is 0. The minimum atomic E-state index is -0.00296. The first-order valence-electron chi connectivity index (χ1n) is 4.27. The Kier molecular flexibility index (Phi) is 2.00. The Hall–Kier alpha value is -1.02. The standard InChI is InChI=1S/C10H11ClN2/c1-7-4-3-5-13-9(8(2)11)6-12-10(7)13/h3-6,8H,1-2H3. The van der Waals surface area contributed by atoms with E-state index in [1.807, 2.05) is 42.8 Å². The molecule has 68 valence electrons. The van der Waals surface area contributed by atoms with Gasteiger partial charge in [0.25, 0.3) is 0 Å². The van der Waals surface area contributed by atoms with Crippen molar-refractivity contribution in [1.82, 2.24) is 9.38 Å². The van der Waals surface area contributed by atoms with Crippen molar-refractivity contribution >= 4 is 17.2 Å². The van der Waals surface area contributed by atoms with Gasteiger partial charge >= 0.3 is 0 Å². The second-order valence-corrected chi connectivity index (χ2v) is 3.84. The Morgan fingerprint density at radius 1 is 1.54 bits per heavy atom. The van der Waals surface area contributed by atoms with Crippen LogP contribution in [0, 0.1) is 6.92 Å². The van der Waals surface area contributed by atoms with Crippen LogP contribution >= 0.6 is 11.6 Å². The van der Waals surface area contributed by atoms with Crippen LogP contribution in [-0.2, 0) is 0 Å². The van der Waals surface area contributed by atoms with Crippen molar-refractivity contribution in [3.8, 4) is 0 Å². The fourth-order valence-electron chi connectivity index (χ4n) is 1.46. The van der Waals surface area contributed by atoms with Crippen LogP contribution in [0.25, 0.3) is 5.65 Å². The molecule has 0 aliphatic rings. The number of aryl methyl sites for hydroxylation is 1. The number of nitrogens with zero attached hydrogens (tertiary/aromatic N) is 2. The van der Waals surface area contributed by atoms with Crippen LogP contribution in [-0.4, -0.2) is 9.38 Å². The highest BCUT2D eigenvalue weighted by atomic mass is 35.5. The van der Waals surface area contributed by atoms with E-state index in [2.05, 4.69) is 4.98 Å². The van der Waals surface area contributed by atoms with Crippen LogP contribution in [0.15, 0.2) is 24.5 Å². The Morgan fingerprint density at radius 3 is 3.00 bits per heavy atom. The Balaban J connectivity index is 2.75. The molecule has 2 aromatic rings. The van der Waals surface area contributed by atoms with Gasteiger partial charge in [0.05, 0.1) is 17.3 Å². The molecule has 2 heterocycles. The summed E-state index contributed by atoms with van der Waals surface area (Å²) in [6.45, 7) is 4.00. The molecule has 2 nitrogen and oxygen atoms in total. The molecule has 3 heteroatoms. The molecule has 0 radical (unpaired) electrons. The van der Waals surface area contributed by atoms with Crippen molar-refractivity contribution < 1.29 is 0 Å². The summed E-state index contributed by atoms with van der Waals surface area (Å²) in [4.78, 5) is 4.32. The summed E-state index contributed by atoms with van der Waals surface area (Å²) < 4.78 is 2.03. The van der Waals surface area contributed by atoms with E-state index < -0.39 is 0 Å². The van der Waals surface area contributed by atoms with E-state index in [0.29, 0.717) is 0 Å². The maximum absolute atomic E-state index is 6.01. The summed E-state index contributed by atoms with van der Waals surface area (Å²) in [5, 5.41) is -0.00296. The Bertz CT molecular complexity index is 431. The first-order chi connectivity index (χ1) is 6.20. The number of imidazole rings is 1. The third kappa shape index (κ3) is 1.31. The maximum Gasteiger partial charge on any atom is 0.139 e. The molecule has 0 aliphatic carbocycles. The largest absolute Gasteiger partial charge is 0.302 e. The lowest BCUT2D eigenvalue weighted by atomic mass is 10.3. The normalized spacial score (nSPS) is 13.5. The summed E-state index contributed by atoms with van der Waals surface area (Å²) in [5.74, 6) is 0. The maximum atomic E-state index is 6.01. The van der Waals surface area contributed by atoms with Gasteiger partial charge in [-0.1, -0.05) is 6.07 Å². The van der Waals surface area contributed by atoms with E-state index in [0.717, 1.165) is 11.3 Å². The zero-order valence-electron chi connectivity index (χ0n) is 7.66. The highest BCUT2D eigenvalue weighted by molar-refractivity contribution is 6.20. The number of alkyl halides is 1. The van der Waals surface area contributed by atoms with Gasteiger partial charge < -0.3 is 4.40 Å². The first kappa shape index (κ1) is 8.57. The number of rotatable bonds is 1. The van der Waals surface area contributed by atoms with Crippen LogP contribution in [0.4, 0.5) is 0 Å². The van der Waals surface area contributed by atoms with Gasteiger partial charge in [-0.15, -0.1) is 11.6 Å². The van der Waals surface area contributed by atoms with Crippen LogP contribution in [0.2, 0.25) is 0 Å². The average molecular weight is 195 g/mol. The van der Waals surface area contributed by atoms with Gasteiger partial charge in [0.1, 0.15) is 5.65 Å². The fourth-order valence-corrected chi connectivity index (χ4v) is 1.63. The summed E-state index contributed by atoms with van der Waals surface area (Å²) in [6, 6.07) is 4.05. The lowest BCUT2D eigenvalue weighted by Gasteiger charge is -2.03. The molecule has 1 atom stereocenters. The van der Waals surface area contributed by atoms with Gasteiger partial charge in [-0.2, -0.15) is 0 Å². The monoisotopic (exact) mass is 194 g/mol. The zero-order valence-corrected chi connectivity index (χ0v) is 8.42. The quantitative estimate of drug-likeness (QED) is 0.638. The van der Waals surface area contributed by atoms with Crippen molar-refractivity contribution in [3.63, 3.8) is 0 Å². The summed E-state index contributed by atoms with van der Waals surface area (Å²) >= 11 is 6.01. The van der Waals surface area contributed by atoms with Gasteiger partial charge in [0.2, 0.25) is 0 Å². The Morgan fingerprint density at radius 2 is 2.31 bits per heavy atom. The Labute approximate surface area is 82.2 Å². The number of aromatic nitrogens is 2. The smallest absolute Gasteiger partial charge is 0.139 e. The molecule has 13 heavy (non-hydrogen) atoms. The summed E-state index contributed by atoms with van der Waals surface area (Å²) in [6.07, 6.45) is 3.82. The van der Waals surface area contributed by atoms with E-state index in [1.54, 1.807) is 0 Å². The molecular formula is C10H11ClN2. The third-order valence-corrected chi connectivity index (χ3v) is 2.39. The molecule has 2 rings (SSSR count). The number of fused-ring (bicyclic) bond motifs is 1. The minimum absolute atomic E-state index is 0.00296. The van der Waals surface area contributed by atoms with Crippen molar-refractivity contribution in [2.24, 2.45) is 0 Å². The van der Waals surface area contributed by atoms with E-state index in [4.69, 9.17) is 11.6 Å². The van der Waals surface area contributed by atoms with Crippen LogP contribution in [0.5, 0.6) is 0 Å². The fraction of sp³-hybridized carbons (Fsp3) is 0.300. The van der Waals surface area contributed by atoms with Crippen LogP contribution < -0.4 is 0 Å². The number of hydrogen-bond acceptors (Lipinski definition) is 1. The van der Waals surface area contributed by atoms with Crippen LogP contribution in [0.1, 0.15) is 23.6 Å². The summed E-state index contributed by atoms with van der Waals surface area (Å²) in [5.41, 5.74) is 3.21. The number of pyridine rings is 1. The van der Waals surface area contributed by atoms with Crippen molar-refractivity contribution in [2.45, 2.75) is 19.2 Å². The molecular weight excluding hydrogens is 184 g/mol. The SMILES string of the molecule is Cc1cccn2c(C(C)Cl)cnc12. The molecule has 0 saturated carbocycles. The third-order valence-electron chi connectivity index (χ3n) is 2.17. The molecule has 0 bridgehead atoms. The van der Waals surface area contributed by atoms with Gasteiger partial charge in [-0.25, -0.2) is 4.98 Å². The first-order valence-corrected chi connectivity index (χ1v) is 4.70. The molecule has 2 aromatic heterocycles. The van der Waals surface area contributed by atoms with Gasteiger partial charge in [0.15, 0.2) is 0 Å². The van der Waals surface area contributed by atoms with Crippen LogP contribution in [0.3, 0.4) is 0 Å². The molecule has 0 N–H and O–H groups in total. The second-order valence-electron chi connectivity index (χ2n) is 3.18. The lowest BCUT2D eigenvalue weighted by Crippen LogP contribution is -1.93. The van der Waals surface area contributed by atoms with Gasteiger partial charge in [0, 0.05) is 6.20 Å². The zero-order chi connectivity index (χ0) is 9.42. The van der Waals surface area contributed by atoms with E-state index in [9.17, 15) is 0 Å². The van der Waals surface area contributed by atoms with Crippen molar-refractivity contribution in [3.05, 3.63) is 35.8 Å².